The fourth-order valence-electron chi connectivity index (χ4n) is 8.35. The number of aromatic nitrogens is 3. The van der Waals surface area contributed by atoms with Gasteiger partial charge in [-0.2, -0.15) is 11.8 Å². The summed E-state index contributed by atoms with van der Waals surface area (Å²) in [7, 11) is 0. The maximum absolute atomic E-state index is 14.5. The minimum atomic E-state index is -1.45. The van der Waals surface area contributed by atoms with Crippen LogP contribution in [0.2, 0.25) is 10.0 Å². The zero-order chi connectivity index (χ0) is 40.1. The summed E-state index contributed by atoms with van der Waals surface area (Å²) in [5, 5.41) is 22.2. The summed E-state index contributed by atoms with van der Waals surface area (Å²) in [6, 6.07) is 12.5. The Morgan fingerprint density at radius 1 is 0.982 bits per heavy atom. The number of urea groups is 1. The van der Waals surface area contributed by atoms with E-state index in [2.05, 4.69) is 31.6 Å². The number of fused-ring (bicyclic) bond motifs is 5. The highest BCUT2D eigenvalue weighted by Crippen LogP contribution is 2.52. The monoisotopic (exact) mass is 838 g/mol. The van der Waals surface area contributed by atoms with E-state index in [9.17, 15) is 24.0 Å². The second kappa shape index (κ2) is 18.1. The molecule has 17 heteroatoms. The van der Waals surface area contributed by atoms with Gasteiger partial charge >= 0.3 is 12.0 Å². The van der Waals surface area contributed by atoms with E-state index in [0.29, 0.717) is 57.4 Å². The van der Waals surface area contributed by atoms with Crippen LogP contribution in [0.1, 0.15) is 100 Å². The molecule has 4 aliphatic heterocycles. The molecular weight excluding hydrogens is 791 g/mol. The van der Waals surface area contributed by atoms with Gasteiger partial charge in [-0.3, -0.25) is 19.2 Å². The van der Waals surface area contributed by atoms with Gasteiger partial charge in [-0.05, 0) is 74.1 Å². The molecule has 5 amide bonds. The fourth-order valence-corrected chi connectivity index (χ4v) is 10.2. The van der Waals surface area contributed by atoms with E-state index in [0.717, 1.165) is 56.3 Å². The van der Waals surface area contributed by atoms with Crippen molar-refractivity contribution in [3.63, 3.8) is 0 Å². The lowest BCUT2D eigenvalue weighted by Gasteiger charge is -2.31. The van der Waals surface area contributed by atoms with Gasteiger partial charge in [0.05, 0.1) is 31.1 Å². The molecule has 0 radical (unpaired) electrons. The number of hydrogen-bond acceptors (Lipinski definition) is 9. The van der Waals surface area contributed by atoms with E-state index >= 15 is 0 Å². The Morgan fingerprint density at radius 3 is 2.56 bits per heavy atom. The van der Waals surface area contributed by atoms with Crippen molar-refractivity contribution in [2.45, 2.75) is 106 Å². The van der Waals surface area contributed by atoms with Gasteiger partial charge in [-0.15, -0.1) is 5.10 Å². The number of thioether (sulfide) groups is 1. The topological polar surface area (TPSA) is 177 Å². The molecule has 2 saturated heterocycles. The van der Waals surface area contributed by atoms with Crippen LogP contribution in [-0.2, 0) is 29.3 Å². The molecule has 14 nitrogen and oxygen atoms in total. The lowest BCUT2D eigenvalue weighted by Crippen LogP contribution is -2.47. The molecule has 5 heterocycles. The average Bonchev–Trinajstić information content (AvgIpc) is 3.94. The predicted octanol–water partition coefficient (Wildman–Crippen LogP) is 5.89. The van der Waals surface area contributed by atoms with Crippen molar-refractivity contribution >= 4 is 76.2 Å². The number of halogens is 2. The minimum Gasteiger partial charge on any atom is -0.464 e. The highest BCUT2D eigenvalue weighted by atomic mass is 35.5. The number of carbonyl (C=O) groups excluding carboxylic acids is 5. The Labute approximate surface area is 345 Å². The van der Waals surface area contributed by atoms with E-state index in [1.807, 2.05) is 30.8 Å². The van der Waals surface area contributed by atoms with Gasteiger partial charge in [-0.25, -0.2) is 9.48 Å². The molecule has 4 N–H and O–H groups in total. The van der Waals surface area contributed by atoms with E-state index in [1.54, 1.807) is 39.9 Å². The molecule has 1 spiro atoms. The first kappa shape index (κ1) is 40.8. The fraction of sp³-hybridized carbons (Fsp3) is 0.525. The van der Waals surface area contributed by atoms with Crippen molar-refractivity contribution in [1.29, 1.82) is 0 Å². The zero-order valence-corrected chi connectivity index (χ0v) is 34.2. The largest absolute Gasteiger partial charge is 0.464 e. The van der Waals surface area contributed by atoms with E-state index in [4.69, 9.17) is 27.9 Å². The molecule has 57 heavy (non-hydrogen) atoms. The summed E-state index contributed by atoms with van der Waals surface area (Å²) < 4.78 is 7.17. The van der Waals surface area contributed by atoms with Crippen LogP contribution in [-0.4, -0.2) is 87.5 Å². The van der Waals surface area contributed by atoms with Crippen molar-refractivity contribution in [3.05, 3.63) is 69.3 Å². The van der Waals surface area contributed by atoms with Crippen LogP contribution in [0, 0.1) is 0 Å². The molecule has 4 aliphatic rings. The Kier molecular flexibility index (Phi) is 12.9. The Morgan fingerprint density at radius 2 is 1.74 bits per heavy atom. The van der Waals surface area contributed by atoms with Crippen molar-refractivity contribution in [1.82, 2.24) is 30.9 Å². The zero-order valence-electron chi connectivity index (χ0n) is 31.9. The number of benzene rings is 2. The lowest BCUT2D eigenvalue weighted by atomic mass is 9.73. The number of amides is 5. The molecule has 0 unspecified atom stereocenters. The van der Waals surface area contributed by atoms with Gasteiger partial charge in [0.1, 0.15) is 17.7 Å². The number of nitrogens with one attached hydrogen (secondary N) is 4. The smallest absolute Gasteiger partial charge is 0.315 e. The Balaban J connectivity index is 0.822. The number of rotatable bonds is 18. The first-order valence-electron chi connectivity index (χ1n) is 19.8. The van der Waals surface area contributed by atoms with Gasteiger partial charge in [0.25, 0.3) is 0 Å². The second-order valence-corrected chi connectivity index (χ2v) is 17.3. The molecule has 0 aliphatic carbocycles. The molecule has 5 atom stereocenters. The van der Waals surface area contributed by atoms with Crippen LogP contribution in [0.5, 0.6) is 0 Å². The molecule has 3 aromatic rings. The van der Waals surface area contributed by atoms with E-state index < -0.39 is 5.41 Å². The molecule has 304 valence electrons. The number of anilines is 2. The SMILES string of the molecule is C[C@@H](c1ccc(Cl)cc1)n1nnc2c1NC(=O)C[C@@]21C(=O)N(CCOC(=O)CCCCCCCNC(=O)CCCC[C@@H]2SC[C@H]3NC(=O)N[C@@H]23)c2ccc(Cl)cc21. The first-order valence-corrected chi connectivity index (χ1v) is 21.6. The van der Waals surface area contributed by atoms with Crippen molar-refractivity contribution in [3.8, 4) is 0 Å². The number of unbranched alkanes of at least 4 members (excludes halogenated alkanes) is 5. The van der Waals surface area contributed by atoms with Crippen LogP contribution in [0.15, 0.2) is 42.5 Å². The third-order valence-corrected chi connectivity index (χ3v) is 13.4. The van der Waals surface area contributed by atoms with Gasteiger partial charge < -0.3 is 30.9 Å². The number of esters is 1. The molecule has 0 saturated carbocycles. The third kappa shape index (κ3) is 8.90. The first-order chi connectivity index (χ1) is 27.5. The van der Waals surface area contributed by atoms with E-state index in [-0.39, 0.29) is 73.8 Å². The summed E-state index contributed by atoms with van der Waals surface area (Å²) in [5.41, 5.74) is 0.911. The number of carbonyl (C=O) groups is 5. The van der Waals surface area contributed by atoms with Crippen molar-refractivity contribution in [2.24, 2.45) is 0 Å². The highest BCUT2D eigenvalue weighted by molar-refractivity contribution is 8.00. The number of hydrogen-bond donors (Lipinski definition) is 4. The van der Waals surface area contributed by atoms with Gasteiger partial charge in [0, 0.05) is 46.1 Å². The summed E-state index contributed by atoms with van der Waals surface area (Å²) in [6.45, 7) is 2.64. The number of nitrogens with zero attached hydrogens (tertiary/aromatic N) is 4. The highest BCUT2D eigenvalue weighted by Gasteiger charge is 2.58. The van der Waals surface area contributed by atoms with Crippen LogP contribution < -0.4 is 26.2 Å². The summed E-state index contributed by atoms with van der Waals surface area (Å²) in [4.78, 5) is 65.8. The van der Waals surface area contributed by atoms with Gasteiger partial charge in [0.15, 0.2) is 5.82 Å². The Bertz CT molecular complexity index is 2000. The average molecular weight is 840 g/mol. The lowest BCUT2D eigenvalue weighted by molar-refractivity contribution is -0.143. The van der Waals surface area contributed by atoms with Crippen LogP contribution in [0.4, 0.5) is 16.3 Å². The second-order valence-electron chi connectivity index (χ2n) is 15.2. The van der Waals surface area contributed by atoms with Crippen LogP contribution in [0.25, 0.3) is 0 Å². The summed E-state index contributed by atoms with van der Waals surface area (Å²) in [6.07, 6.45) is 7.72. The normalized spacial score (nSPS) is 22.4. The molecule has 7 rings (SSSR count). The van der Waals surface area contributed by atoms with Crippen LogP contribution >= 0.6 is 35.0 Å². The van der Waals surface area contributed by atoms with Gasteiger partial charge in [0.2, 0.25) is 17.7 Å². The van der Waals surface area contributed by atoms with Crippen molar-refractivity contribution in [2.75, 3.05) is 35.7 Å². The maximum atomic E-state index is 14.5. The molecule has 1 aromatic heterocycles. The quantitative estimate of drug-likeness (QED) is 0.0691. The Hall–Kier alpha value is -4.34. The third-order valence-electron chi connectivity index (χ3n) is 11.4. The summed E-state index contributed by atoms with van der Waals surface area (Å²) >= 11 is 14.5. The standard InChI is InChI=1S/C40H48Cl2N8O6S/c1-24(25-12-14-26(41)15-13-25)50-37-36(47-48-50)40(22-33(52)45-37)28-21-27(42)16-17-30(28)49(38(40)54)19-20-56-34(53)11-5-3-2-4-8-18-43-32(51)10-7-6-9-31-35-29(23-57-31)44-39(55)46-35/h12-17,21,24,29,31,35H,2-11,18-20,22-23H2,1H3,(H,43,51)(H,45,52)(H2,44,46,55)/t24-,29+,31-,35+,40-/m0/s1. The molecule has 0 bridgehead atoms. The van der Waals surface area contributed by atoms with Crippen molar-refractivity contribution < 1.29 is 28.7 Å². The predicted molar refractivity (Wildman–Crippen MR) is 219 cm³/mol. The van der Waals surface area contributed by atoms with Crippen LogP contribution in [0.3, 0.4) is 0 Å². The molecule has 2 aromatic carbocycles. The molecule has 2 fully saturated rings. The summed E-state index contributed by atoms with van der Waals surface area (Å²) in [5.74, 6) is 0.306. The maximum Gasteiger partial charge on any atom is 0.315 e. The minimum absolute atomic E-state index is 0.0159. The van der Waals surface area contributed by atoms with Gasteiger partial charge in [-0.1, -0.05) is 66.2 Å². The van der Waals surface area contributed by atoms with E-state index in [1.165, 1.54) is 0 Å². The molecular formula is C40H48Cl2N8O6S. The number of ether oxygens (including phenoxy) is 1.